The van der Waals surface area contributed by atoms with E-state index in [9.17, 15) is 4.79 Å². The number of hydrogen-bond acceptors (Lipinski definition) is 5. The lowest BCUT2D eigenvalue weighted by atomic mass is 9.96. The molecule has 0 aromatic carbocycles. The molecule has 0 spiro atoms. The normalized spacial score (nSPS) is 17.4. The second kappa shape index (κ2) is 8.75. The molecule has 0 radical (unpaired) electrons. The van der Waals surface area contributed by atoms with E-state index < -0.39 is 0 Å². The molecule has 144 valence electrons. The van der Waals surface area contributed by atoms with Crippen LogP contribution in [0, 0.1) is 5.92 Å². The standard InChI is InChI=1S/C21H24N6O/c28-21(19-7-3-11-26(16-19)15-17-5-1-8-22-13-17)24-14-18-6-2-9-23-20(18)27-12-4-10-25-27/h1-2,4-6,8-10,12-13,19H,3,7,11,14-16H2,(H,24,28). The van der Waals surface area contributed by atoms with Crippen LogP contribution in [0.15, 0.2) is 61.3 Å². The van der Waals surface area contributed by atoms with E-state index >= 15 is 0 Å². The van der Waals surface area contributed by atoms with E-state index in [0.717, 1.165) is 43.9 Å². The van der Waals surface area contributed by atoms with Crippen molar-refractivity contribution in [2.75, 3.05) is 13.1 Å². The summed E-state index contributed by atoms with van der Waals surface area (Å²) in [6, 6.07) is 9.74. The molecule has 4 rings (SSSR count). The average molecular weight is 376 g/mol. The van der Waals surface area contributed by atoms with Crippen molar-refractivity contribution in [3.63, 3.8) is 0 Å². The van der Waals surface area contributed by atoms with Crippen molar-refractivity contribution < 1.29 is 4.79 Å². The first-order valence-corrected chi connectivity index (χ1v) is 9.62. The molecule has 1 amide bonds. The molecule has 4 heterocycles. The number of rotatable bonds is 6. The van der Waals surface area contributed by atoms with Crippen molar-refractivity contribution in [2.45, 2.75) is 25.9 Å². The summed E-state index contributed by atoms with van der Waals surface area (Å²) in [5.74, 6) is 0.857. The van der Waals surface area contributed by atoms with Gasteiger partial charge in [-0.25, -0.2) is 9.67 Å². The van der Waals surface area contributed by atoms with Gasteiger partial charge in [0.15, 0.2) is 5.82 Å². The van der Waals surface area contributed by atoms with Gasteiger partial charge in [0, 0.05) is 56.2 Å². The SMILES string of the molecule is O=C(NCc1cccnc1-n1cccn1)C1CCCN(Cc2cccnc2)C1. The molecule has 28 heavy (non-hydrogen) atoms. The largest absolute Gasteiger partial charge is 0.352 e. The van der Waals surface area contributed by atoms with Gasteiger partial charge in [0.05, 0.1) is 5.92 Å². The number of nitrogens with zero attached hydrogens (tertiary/aromatic N) is 5. The fourth-order valence-corrected chi connectivity index (χ4v) is 3.66. The third-order valence-corrected chi connectivity index (χ3v) is 5.05. The summed E-state index contributed by atoms with van der Waals surface area (Å²) in [7, 11) is 0. The molecule has 1 saturated heterocycles. The quantitative estimate of drug-likeness (QED) is 0.714. The molecule has 0 saturated carbocycles. The first-order chi connectivity index (χ1) is 13.8. The Balaban J connectivity index is 1.35. The van der Waals surface area contributed by atoms with Gasteiger partial charge in [-0.3, -0.25) is 14.7 Å². The van der Waals surface area contributed by atoms with Crippen molar-refractivity contribution in [1.82, 2.24) is 30.0 Å². The lowest BCUT2D eigenvalue weighted by Gasteiger charge is -2.32. The Morgan fingerprint density at radius 1 is 1.18 bits per heavy atom. The third kappa shape index (κ3) is 4.43. The molecular weight excluding hydrogens is 352 g/mol. The number of pyridine rings is 2. The van der Waals surface area contributed by atoms with Gasteiger partial charge in [-0.15, -0.1) is 0 Å². The average Bonchev–Trinajstić information content (AvgIpc) is 3.28. The minimum Gasteiger partial charge on any atom is -0.352 e. The zero-order valence-corrected chi connectivity index (χ0v) is 15.7. The summed E-state index contributed by atoms with van der Waals surface area (Å²) in [6.45, 7) is 3.08. The van der Waals surface area contributed by atoms with Crippen LogP contribution < -0.4 is 5.32 Å². The van der Waals surface area contributed by atoms with Gasteiger partial charge < -0.3 is 5.32 Å². The lowest BCUT2D eigenvalue weighted by molar-refractivity contribution is -0.126. The van der Waals surface area contributed by atoms with E-state index in [1.807, 2.05) is 36.7 Å². The number of carbonyl (C=O) groups excluding carboxylic acids is 1. The number of carbonyl (C=O) groups is 1. The van der Waals surface area contributed by atoms with Gasteiger partial charge in [-0.2, -0.15) is 5.10 Å². The van der Waals surface area contributed by atoms with Crippen molar-refractivity contribution in [3.05, 3.63) is 72.4 Å². The van der Waals surface area contributed by atoms with Crippen LogP contribution in [0.4, 0.5) is 0 Å². The molecule has 1 fully saturated rings. The molecule has 0 bridgehead atoms. The summed E-state index contributed by atoms with van der Waals surface area (Å²) in [5.41, 5.74) is 2.13. The molecule has 1 N–H and O–H groups in total. The number of amides is 1. The Bertz CT molecular complexity index is 896. The van der Waals surface area contributed by atoms with Gasteiger partial charge in [0.25, 0.3) is 0 Å². The van der Waals surface area contributed by atoms with Gasteiger partial charge in [0.2, 0.25) is 5.91 Å². The summed E-state index contributed by atoms with van der Waals surface area (Å²) in [4.78, 5) is 23.7. The van der Waals surface area contributed by atoms with E-state index in [-0.39, 0.29) is 11.8 Å². The number of nitrogens with one attached hydrogen (secondary N) is 1. The van der Waals surface area contributed by atoms with E-state index in [2.05, 4.69) is 31.3 Å². The maximum atomic E-state index is 12.8. The first-order valence-electron chi connectivity index (χ1n) is 9.62. The number of hydrogen-bond donors (Lipinski definition) is 1. The summed E-state index contributed by atoms with van der Waals surface area (Å²) < 4.78 is 1.72. The second-order valence-corrected chi connectivity index (χ2v) is 7.09. The van der Waals surface area contributed by atoms with Crippen molar-refractivity contribution >= 4 is 5.91 Å². The molecule has 1 aliphatic rings. The number of likely N-dealkylation sites (tertiary alicyclic amines) is 1. The third-order valence-electron chi connectivity index (χ3n) is 5.05. The van der Waals surface area contributed by atoms with Gasteiger partial charge in [-0.05, 0) is 43.1 Å². The Morgan fingerprint density at radius 2 is 2.11 bits per heavy atom. The Kier molecular flexibility index (Phi) is 5.72. The van der Waals surface area contributed by atoms with Gasteiger partial charge in [-0.1, -0.05) is 12.1 Å². The maximum absolute atomic E-state index is 12.8. The van der Waals surface area contributed by atoms with Crippen LogP contribution in [0.2, 0.25) is 0 Å². The molecule has 0 aliphatic carbocycles. The van der Waals surface area contributed by atoms with Crippen LogP contribution in [-0.2, 0) is 17.9 Å². The van der Waals surface area contributed by atoms with Crippen molar-refractivity contribution in [3.8, 4) is 5.82 Å². The minimum atomic E-state index is 0.00949. The zero-order valence-electron chi connectivity index (χ0n) is 15.7. The molecular formula is C21H24N6O. The predicted molar refractivity (Wildman–Crippen MR) is 105 cm³/mol. The summed E-state index contributed by atoms with van der Waals surface area (Å²) in [6.07, 6.45) is 10.9. The highest BCUT2D eigenvalue weighted by Crippen LogP contribution is 2.19. The molecule has 7 heteroatoms. The number of piperidine rings is 1. The molecule has 7 nitrogen and oxygen atoms in total. The van der Waals surface area contributed by atoms with Crippen LogP contribution in [0.25, 0.3) is 5.82 Å². The lowest BCUT2D eigenvalue weighted by Crippen LogP contribution is -2.42. The Labute approximate surface area is 164 Å². The summed E-state index contributed by atoms with van der Waals surface area (Å²) >= 11 is 0. The van der Waals surface area contributed by atoms with Crippen LogP contribution in [0.1, 0.15) is 24.0 Å². The minimum absolute atomic E-state index is 0.00949. The van der Waals surface area contributed by atoms with Crippen molar-refractivity contribution in [2.24, 2.45) is 5.92 Å². The first kappa shape index (κ1) is 18.3. The Hall–Kier alpha value is -3.06. The highest BCUT2D eigenvalue weighted by atomic mass is 16.1. The highest BCUT2D eigenvalue weighted by molar-refractivity contribution is 5.79. The van der Waals surface area contributed by atoms with Crippen LogP contribution in [0.5, 0.6) is 0 Å². The van der Waals surface area contributed by atoms with Crippen LogP contribution in [-0.4, -0.2) is 43.6 Å². The highest BCUT2D eigenvalue weighted by Gasteiger charge is 2.25. The second-order valence-electron chi connectivity index (χ2n) is 7.09. The van der Waals surface area contributed by atoms with Crippen LogP contribution in [0.3, 0.4) is 0 Å². The molecule has 1 atom stereocenters. The molecule has 3 aromatic rings. The topological polar surface area (TPSA) is 75.9 Å². The Morgan fingerprint density at radius 3 is 2.93 bits per heavy atom. The molecule has 3 aromatic heterocycles. The van der Waals surface area contributed by atoms with Crippen LogP contribution >= 0.6 is 0 Å². The van der Waals surface area contributed by atoms with E-state index in [1.165, 1.54) is 5.56 Å². The van der Waals surface area contributed by atoms with E-state index in [0.29, 0.717) is 6.54 Å². The maximum Gasteiger partial charge on any atom is 0.224 e. The number of aromatic nitrogens is 4. The zero-order chi connectivity index (χ0) is 19.2. The smallest absolute Gasteiger partial charge is 0.224 e. The molecule has 1 unspecified atom stereocenters. The summed E-state index contributed by atoms with van der Waals surface area (Å²) in [5, 5.41) is 7.34. The fourth-order valence-electron chi connectivity index (χ4n) is 3.66. The van der Waals surface area contributed by atoms with Gasteiger partial charge >= 0.3 is 0 Å². The van der Waals surface area contributed by atoms with E-state index in [1.54, 1.807) is 23.3 Å². The fraction of sp³-hybridized carbons (Fsp3) is 0.333. The monoisotopic (exact) mass is 376 g/mol. The van der Waals surface area contributed by atoms with Gasteiger partial charge in [0.1, 0.15) is 0 Å². The molecule has 1 aliphatic heterocycles. The van der Waals surface area contributed by atoms with Crippen molar-refractivity contribution in [1.29, 1.82) is 0 Å². The predicted octanol–water partition coefficient (Wildman–Crippen LogP) is 2.19. The van der Waals surface area contributed by atoms with E-state index in [4.69, 9.17) is 0 Å².